The molecular weight excluding hydrogens is 304 g/mol. The fraction of sp³-hybridized carbons (Fsp3) is 0.286. The molecule has 2 aliphatic carbocycles. The van der Waals surface area contributed by atoms with Gasteiger partial charge in [-0.25, -0.2) is 0 Å². The quantitative estimate of drug-likeness (QED) is 0.669. The Morgan fingerprint density at radius 3 is 2.52 bits per heavy atom. The van der Waals surface area contributed by atoms with E-state index in [0.717, 1.165) is 23.4 Å². The monoisotopic (exact) mass is 322 g/mol. The summed E-state index contributed by atoms with van der Waals surface area (Å²) < 4.78 is 0. The van der Waals surface area contributed by atoms with Gasteiger partial charge in [0.15, 0.2) is 0 Å². The molecule has 0 amide bonds. The first-order chi connectivity index (χ1) is 11.1. The van der Waals surface area contributed by atoms with Crippen LogP contribution in [0.2, 0.25) is 5.02 Å². The summed E-state index contributed by atoms with van der Waals surface area (Å²) in [6.45, 7) is 2.05. The van der Waals surface area contributed by atoms with E-state index < -0.39 is 0 Å². The molecular formula is C21H19ClO. The molecule has 0 N–H and O–H groups in total. The van der Waals surface area contributed by atoms with Gasteiger partial charge in [-0.3, -0.25) is 4.79 Å². The molecule has 2 aliphatic rings. The summed E-state index contributed by atoms with van der Waals surface area (Å²) in [7, 11) is 0. The number of allylic oxidation sites excluding steroid dienone is 1. The molecule has 2 aromatic carbocycles. The predicted octanol–water partition coefficient (Wildman–Crippen LogP) is 5.58. The van der Waals surface area contributed by atoms with Gasteiger partial charge in [-0.05, 0) is 59.7 Å². The van der Waals surface area contributed by atoms with Crippen LogP contribution in [0.1, 0.15) is 47.9 Å². The molecule has 0 heterocycles. The maximum Gasteiger partial charge on any atom is 0.133 e. The van der Waals surface area contributed by atoms with E-state index in [2.05, 4.69) is 42.5 Å². The van der Waals surface area contributed by atoms with E-state index in [-0.39, 0.29) is 5.41 Å². The largest absolute Gasteiger partial charge is 0.300 e. The van der Waals surface area contributed by atoms with Crippen LogP contribution < -0.4 is 0 Å². The van der Waals surface area contributed by atoms with E-state index in [0.29, 0.717) is 18.6 Å². The highest BCUT2D eigenvalue weighted by Gasteiger charge is 2.44. The van der Waals surface area contributed by atoms with Crippen molar-refractivity contribution in [3.63, 3.8) is 0 Å². The van der Waals surface area contributed by atoms with Crippen molar-refractivity contribution >= 4 is 29.0 Å². The Labute approximate surface area is 142 Å². The predicted molar refractivity (Wildman–Crippen MR) is 95.7 cm³/mol. The molecule has 4 rings (SSSR count). The van der Waals surface area contributed by atoms with Gasteiger partial charge >= 0.3 is 0 Å². The van der Waals surface area contributed by atoms with Crippen molar-refractivity contribution in [2.45, 2.75) is 38.0 Å². The van der Waals surface area contributed by atoms with Crippen LogP contribution in [0.5, 0.6) is 0 Å². The number of ketones is 1. The van der Waals surface area contributed by atoms with Gasteiger partial charge in [0.05, 0.1) is 0 Å². The van der Waals surface area contributed by atoms with E-state index in [1.54, 1.807) is 0 Å². The van der Waals surface area contributed by atoms with Crippen molar-refractivity contribution < 1.29 is 4.79 Å². The minimum Gasteiger partial charge on any atom is -0.300 e. The lowest BCUT2D eigenvalue weighted by molar-refractivity contribution is -0.120. The summed E-state index contributed by atoms with van der Waals surface area (Å²) in [6.07, 6.45) is 5.50. The van der Waals surface area contributed by atoms with Gasteiger partial charge < -0.3 is 0 Å². The van der Waals surface area contributed by atoms with Crippen LogP contribution in [0.4, 0.5) is 0 Å². The molecule has 0 radical (unpaired) electrons. The second-order valence-corrected chi connectivity index (χ2v) is 7.14. The molecule has 1 spiro atoms. The molecule has 1 fully saturated rings. The van der Waals surface area contributed by atoms with Crippen molar-refractivity contribution in [2.24, 2.45) is 0 Å². The average Bonchev–Trinajstić information content (AvgIpc) is 2.88. The van der Waals surface area contributed by atoms with Gasteiger partial charge in [0, 0.05) is 23.3 Å². The number of fused-ring (bicyclic) bond motifs is 2. The first-order valence-corrected chi connectivity index (χ1v) is 8.58. The SMILES string of the molecule is Cc1cc(C2=Cc3ccccc3C23CCC(=O)CC3)ccc1Cl. The molecule has 1 nitrogen and oxygen atoms in total. The maximum absolute atomic E-state index is 11.8. The Bertz CT molecular complexity index is 821. The van der Waals surface area contributed by atoms with Crippen molar-refractivity contribution in [2.75, 3.05) is 0 Å². The Morgan fingerprint density at radius 1 is 1.04 bits per heavy atom. The highest BCUT2D eigenvalue weighted by molar-refractivity contribution is 6.31. The van der Waals surface area contributed by atoms with E-state index in [1.165, 1.54) is 22.3 Å². The summed E-state index contributed by atoms with van der Waals surface area (Å²) in [5.74, 6) is 0.395. The molecule has 0 unspecified atom stereocenters. The molecule has 0 aliphatic heterocycles. The molecule has 23 heavy (non-hydrogen) atoms. The first-order valence-electron chi connectivity index (χ1n) is 8.20. The van der Waals surface area contributed by atoms with Crippen molar-refractivity contribution in [1.82, 2.24) is 0 Å². The number of Topliss-reactive ketones (excluding diaryl/α,β-unsaturated/α-hetero) is 1. The third kappa shape index (κ3) is 2.26. The standard InChI is InChI=1S/C21H19ClO/c1-14-12-16(6-7-20(14)22)19-13-15-4-2-3-5-18(15)21(19)10-8-17(23)9-11-21/h2-7,12-13H,8-11H2,1H3. The number of carbonyl (C=O) groups excluding carboxylic acids is 1. The Kier molecular flexibility index (Phi) is 3.42. The fourth-order valence-corrected chi connectivity index (χ4v) is 4.28. The van der Waals surface area contributed by atoms with E-state index in [4.69, 9.17) is 11.6 Å². The summed E-state index contributed by atoms with van der Waals surface area (Å²) in [5.41, 5.74) is 6.36. The topological polar surface area (TPSA) is 17.1 Å². The zero-order chi connectivity index (χ0) is 16.0. The minimum absolute atomic E-state index is 0.00915. The molecule has 0 atom stereocenters. The fourth-order valence-electron chi connectivity index (χ4n) is 4.16. The lowest BCUT2D eigenvalue weighted by Crippen LogP contribution is -2.31. The van der Waals surface area contributed by atoms with Gasteiger partial charge in [0.25, 0.3) is 0 Å². The average molecular weight is 323 g/mol. The lowest BCUT2D eigenvalue weighted by atomic mass is 9.65. The van der Waals surface area contributed by atoms with E-state index >= 15 is 0 Å². The van der Waals surface area contributed by atoms with Crippen LogP contribution in [0.15, 0.2) is 42.5 Å². The molecule has 0 bridgehead atoms. The number of rotatable bonds is 1. The number of hydrogen-bond acceptors (Lipinski definition) is 1. The van der Waals surface area contributed by atoms with Gasteiger partial charge in [-0.15, -0.1) is 0 Å². The van der Waals surface area contributed by atoms with Crippen LogP contribution >= 0.6 is 11.6 Å². The highest BCUT2D eigenvalue weighted by Crippen LogP contribution is 2.54. The highest BCUT2D eigenvalue weighted by atomic mass is 35.5. The number of benzene rings is 2. The second-order valence-electron chi connectivity index (χ2n) is 6.73. The third-order valence-electron chi connectivity index (χ3n) is 5.42. The van der Waals surface area contributed by atoms with Crippen LogP contribution in [-0.2, 0) is 10.2 Å². The number of hydrogen-bond donors (Lipinski definition) is 0. The van der Waals surface area contributed by atoms with Crippen molar-refractivity contribution in [3.05, 3.63) is 69.7 Å². The molecule has 1 saturated carbocycles. The van der Waals surface area contributed by atoms with Crippen LogP contribution in [-0.4, -0.2) is 5.78 Å². The summed E-state index contributed by atoms with van der Waals surface area (Å²) in [5, 5.41) is 0.803. The van der Waals surface area contributed by atoms with Crippen LogP contribution in [0.3, 0.4) is 0 Å². The van der Waals surface area contributed by atoms with Crippen LogP contribution in [0, 0.1) is 6.92 Å². The number of halogens is 1. The zero-order valence-electron chi connectivity index (χ0n) is 13.2. The third-order valence-corrected chi connectivity index (χ3v) is 5.85. The molecule has 2 aromatic rings. The molecule has 116 valence electrons. The molecule has 0 aromatic heterocycles. The number of carbonyl (C=O) groups is 1. The minimum atomic E-state index is -0.00915. The normalized spacial score (nSPS) is 18.9. The lowest BCUT2D eigenvalue weighted by Gasteiger charge is -2.37. The van der Waals surface area contributed by atoms with Crippen LogP contribution in [0.25, 0.3) is 11.6 Å². The zero-order valence-corrected chi connectivity index (χ0v) is 14.0. The van der Waals surface area contributed by atoms with Crippen molar-refractivity contribution in [3.8, 4) is 0 Å². The Balaban J connectivity index is 1.88. The number of aryl methyl sites for hydroxylation is 1. The summed E-state index contributed by atoms with van der Waals surface area (Å²) >= 11 is 6.21. The van der Waals surface area contributed by atoms with Gasteiger partial charge in [-0.2, -0.15) is 0 Å². The van der Waals surface area contributed by atoms with E-state index in [1.807, 2.05) is 13.0 Å². The van der Waals surface area contributed by atoms with Gasteiger partial charge in [-0.1, -0.05) is 48.0 Å². The summed E-state index contributed by atoms with van der Waals surface area (Å²) in [6, 6.07) is 14.9. The maximum atomic E-state index is 11.8. The smallest absolute Gasteiger partial charge is 0.133 e. The molecule has 0 saturated heterocycles. The second kappa shape index (κ2) is 5.35. The summed E-state index contributed by atoms with van der Waals surface area (Å²) in [4.78, 5) is 11.8. The van der Waals surface area contributed by atoms with Gasteiger partial charge in [0.2, 0.25) is 0 Å². The molecule has 2 heteroatoms. The Hall–Kier alpha value is -1.86. The first kappa shape index (κ1) is 14.7. The Morgan fingerprint density at radius 2 is 1.78 bits per heavy atom. The van der Waals surface area contributed by atoms with E-state index in [9.17, 15) is 4.79 Å². The van der Waals surface area contributed by atoms with Crippen molar-refractivity contribution in [1.29, 1.82) is 0 Å². The van der Waals surface area contributed by atoms with Gasteiger partial charge in [0.1, 0.15) is 5.78 Å².